The first-order valence-electron chi connectivity index (χ1n) is 14.6. The van der Waals surface area contributed by atoms with Crippen molar-refractivity contribution in [3.8, 4) is 0 Å². The number of hydrogen-bond donors (Lipinski definition) is 2. The summed E-state index contributed by atoms with van der Waals surface area (Å²) in [5.41, 5.74) is 0. The largest absolute Gasteiger partial charge is 0.381 e. The molecule has 5 heteroatoms. The van der Waals surface area contributed by atoms with Crippen LogP contribution in [-0.4, -0.2) is 64.3 Å². The first kappa shape index (κ1) is 31.8. The van der Waals surface area contributed by atoms with Gasteiger partial charge in [-0.2, -0.15) is 0 Å². The van der Waals surface area contributed by atoms with E-state index in [0.717, 1.165) is 50.2 Å². The van der Waals surface area contributed by atoms with Gasteiger partial charge in [-0.25, -0.2) is 0 Å². The van der Waals surface area contributed by atoms with Gasteiger partial charge in [0.15, 0.2) is 0 Å². The summed E-state index contributed by atoms with van der Waals surface area (Å²) in [6, 6.07) is 0.796. The van der Waals surface area contributed by atoms with Gasteiger partial charge in [-0.05, 0) is 103 Å². The van der Waals surface area contributed by atoms with E-state index in [1.807, 2.05) is 0 Å². The molecule has 0 bridgehead atoms. The van der Waals surface area contributed by atoms with Crippen LogP contribution >= 0.6 is 0 Å². The van der Waals surface area contributed by atoms with Crippen LogP contribution in [0.3, 0.4) is 0 Å². The molecule has 0 aromatic heterocycles. The van der Waals surface area contributed by atoms with E-state index in [0.29, 0.717) is 12.2 Å². The minimum atomic E-state index is 0.546. The van der Waals surface area contributed by atoms with Crippen LogP contribution in [0.4, 0.5) is 0 Å². The van der Waals surface area contributed by atoms with Gasteiger partial charge >= 0.3 is 0 Å². The van der Waals surface area contributed by atoms with Crippen LogP contribution in [-0.2, 0) is 14.2 Å². The van der Waals surface area contributed by atoms with Gasteiger partial charge in [-0.15, -0.1) is 0 Å². The van der Waals surface area contributed by atoms with Crippen LogP contribution in [0, 0.1) is 17.8 Å². The number of nitrogens with one attached hydrogen (secondary N) is 2. The first-order valence-corrected chi connectivity index (χ1v) is 14.6. The molecule has 0 spiro atoms. The zero-order valence-corrected chi connectivity index (χ0v) is 23.7. The van der Waals surface area contributed by atoms with Crippen molar-refractivity contribution in [1.29, 1.82) is 0 Å². The minimum absolute atomic E-state index is 0.546. The Morgan fingerprint density at radius 1 is 0.559 bits per heavy atom. The zero-order chi connectivity index (χ0) is 25.0. The van der Waals surface area contributed by atoms with E-state index in [-0.39, 0.29) is 0 Å². The molecule has 6 fully saturated rings. The van der Waals surface area contributed by atoms with Gasteiger partial charge < -0.3 is 24.8 Å². The van der Waals surface area contributed by atoms with Gasteiger partial charge in [-0.1, -0.05) is 40.0 Å². The van der Waals surface area contributed by atoms with E-state index >= 15 is 0 Å². The molecule has 6 rings (SSSR count). The van der Waals surface area contributed by atoms with E-state index < -0.39 is 0 Å². The summed E-state index contributed by atoms with van der Waals surface area (Å²) in [5, 5.41) is 6.59. The molecule has 2 N–H and O–H groups in total. The number of ether oxygens (including phenoxy) is 3. The second kappa shape index (κ2) is 20.9. The van der Waals surface area contributed by atoms with E-state index in [4.69, 9.17) is 14.2 Å². The van der Waals surface area contributed by atoms with E-state index in [1.165, 1.54) is 83.8 Å². The summed E-state index contributed by atoms with van der Waals surface area (Å²) < 4.78 is 15.1. The Labute approximate surface area is 212 Å². The maximum absolute atomic E-state index is 5.15. The molecule has 0 amide bonds. The van der Waals surface area contributed by atoms with Crippen LogP contribution in [0.5, 0.6) is 0 Å². The monoisotopic (exact) mass is 484 g/mol. The molecular weight excluding hydrogens is 424 g/mol. The fraction of sp³-hybridized carbons (Fsp3) is 1.00. The maximum atomic E-state index is 5.15. The van der Waals surface area contributed by atoms with Crippen LogP contribution < -0.4 is 10.6 Å². The molecule has 1 saturated carbocycles. The van der Waals surface area contributed by atoms with Gasteiger partial charge in [0.05, 0.1) is 12.2 Å². The molecule has 0 unspecified atom stereocenters. The Bertz CT molecular complexity index is 351. The van der Waals surface area contributed by atoms with Crippen LogP contribution in [0.2, 0.25) is 0 Å². The quantitative estimate of drug-likeness (QED) is 0.428. The van der Waals surface area contributed by atoms with Gasteiger partial charge in [-0.3, -0.25) is 0 Å². The highest BCUT2D eigenvalue weighted by atomic mass is 16.5. The second-order valence-corrected chi connectivity index (χ2v) is 11.4. The molecule has 5 nitrogen and oxygen atoms in total. The van der Waals surface area contributed by atoms with E-state index in [1.54, 1.807) is 0 Å². The number of hydrogen-bond acceptors (Lipinski definition) is 5. The lowest BCUT2D eigenvalue weighted by molar-refractivity contribution is -0.0375. The lowest BCUT2D eigenvalue weighted by Crippen LogP contribution is -2.22. The lowest BCUT2D eigenvalue weighted by Gasteiger charge is -2.20. The van der Waals surface area contributed by atoms with Crippen LogP contribution in [0.15, 0.2) is 0 Å². The minimum Gasteiger partial charge on any atom is -0.381 e. The molecular formula is C29H60N2O3. The Morgan fingerprint density at radius 2 is 1.24 bits per heavy atom. The SMILES string of the molecule is CC1CCC1.C[C@H]1CCCN1.C[C@H]1CCCO1.C[C@H]1CCNC1.C[C@H]1CCO1.C[C@H]1CCOC1. The van der Waals surface area contributed by atoms with Gasteiger partial charge in [0.2, 0.25) is 0 Å². The normalized spacial score (nSPS) is 33.5. The Hall–Kier alpha value is -0.200. The molecule has 5 atom stereocenters. The molecule has 0 aromatic rings. The summed E-state index contributed by atoms with van der Waals surface area (Å²) in [7, 11) is 0. The van der Waals surface area contributed by atoms with E-state index in [9.17, 15) is 0 Å². The highest BCUT2D eigenvalue weighted by molar-refractivity contribution is 4.67. The first-order chi connectivity index (χ1) is 16.4. The van der Waals surface area contributed by atoms with Crippen molar-refractivity contribution in [1.82, 2.24) is 10.6 Å². The molecule has 5 heterocycles. The summed E-state index contributed by atoms with van der Waals surface area (Å²) in [4.78, 5) is 0. The van der Waals surface area contributed by atoms with Crippen molar-refractivity contribution in [2.45, 2.75) is 124 Å². The van der Waals surface area contributed by atoms with Crippen molar-refractivity contribution < 1.29 is 14.2 Å². The predicted octanol–water partition coefficient (Wildman–Crippen LogP) is 6.20. The lowest BCUT2D eigenvalue weighted by atomic mass is 9.88. The fourth-order valence-electron chi connectivity index (χ4n) is 4.01. The molecule has 6 aliphatic rings. The summed E-state index contributed by atoms with van der Waals surface area (Å²) >= 11 is 0. The molecule has 204 valence electrons. The van der Waals surface area contributed by atoms with Gasteiger partial charge in [0.1, 0.15) is 0 Å². The predicted molar refractivity (Wildman–Crippen MR) is 146 cm³/mol. The molecule has 34 heavy (non-hydrogen) atoms. The van der Waals surface area contributed by atoms with Gasteiger partial charge in [0.25, 0.3) is 0 Å². The Kier molecular flexibility index (Phi) is 19.6. The number of rotatable bonds is 0. The van der Waals surface area contributed by atoms with Crippen molar-refractivity contribution in [2.24, 2.45) is 17.8 Å². The Morgan fingerprint density at radius 3 is 1.35 bits per heavy atom. The molecule has 1 aliphatic carbocycles. The second-order valence-electron chi connectivity index (χ2n) is 11.4. The third-order valence-electron chi connectivity index (χ3n) is 7.25. The van der Waals surface area contributed by atoms with Gasteiger partial charge in [0, 0.05) is 32.5 Å². The molecule has 5 saturated heterocycles. The highest BCUT2D eigenvalue weighted by Crippen LogP contribution is 2.24. The zero-order valence-electron chi connectivity index (χ0n) is 23.7. The third kappa shape index (κ3) is 19.0. The Balaban J connectivity index is 0.000000204. The molecule has 0 aromatic carbocycles. The average molecular weight is 485 g/mol. The summed E-state index contributed by atoms with van der Waals surface area (Å²) in [5.74, 6) is 2.82. The topological polar surface area (TPSA) is 51.8 Å². The van der Waals surface area contributed by atoms with Crippen LogP contribution in [0.1, 0.15) is 106 Å². The van der Waals surface area contributed by atoms with Crippen LogP contribution in [0.25, 0.3) is 0 Å². The molecule has 0 radical (unpaired) electrons. The summed E-state index contributed by atoms with van der Waals surface area (Å²) in [6.45, 7) is 20.9. The van der Waals surface area contributed by atoms with Crippen molar-refractivity contribution in [3.05, 3.63) is 0 Å². The summed E-state index contributed by atoms with van der Waals surface area (Å²) in [6.07, 6.45) is 14.8. The van der Waals surface area contributed by atoms with Crippen molar-refractivity contribution in [2.75, 3.05) is 46.1 Å². The molecule has 5 aliphatic heterocycles. The average Bonchev–Trinajstić information content (AvgIpc) is 3.59. The third-order valence-corrected chi connectivity index (χ3v) is 7.25. The van der Waals surface area contributed by atoms with E-state index in [2.05, 4.69) is 52.2 Å². The van der Waals surface area contributed by atoms with Crippen molar-refractivity contribution >= 4 is 0 Å². The van der Waals surface area contributed by atoms with Crippen molar-refractivity contribution in [3.63, 3.8) is 0 Å². The smallest absolute Gasteiger partial charge is 0.0568 e. The maximum Gasteiger partial charge on any atom is 0.0568 e. The fourth-order valence-corrected chi connectivity index (χ4v) is 4.01. The standard InChI is InChI=1S/2C5H11N.2C5H10O.C5H10.C4H8O/c1-5-2-3-6-4-5;1-5-3-2-4-6-5;1-5-2-3-6-4-5;1-5-3-2-4-6-5;1-5-3-2-4-5;1-4-2-3-5-4/h2*5-6H,2-4H2,1H3;2*5H,2-4H2,1H3;5H,2-4H2,1H3;4H,2-3H2,1H3/t4*5-;;4-/m0000.0/s1. The highest BCUT2D eigenvalue weighted by Gasteiger charge is 2.10.